The van der Waals surface area contributed by atoms with Crippen LogP contribution in [0, 0.1) is 11.3 Å². The van der Waals surface area contributed by atoms with E-state index in [1.54, 1.807) is 6.92 Å². The number of halogens is 3. The number of pyridine rings is 1. The van der Waals surface area contributed by atoms with Crippen molar-refractivity contribution in [3.05, 3.63) is 52.7 Å². The van der Waals surface area contributed by atoms with Gasteiger partial charge < -0.3 is 15.8 Å². The lowest BCUT2D eigenvalue weighted by molar-refractivity contribution is -0.0280. The summed E-state index contributed by atoms with van der Waals surface area (Å²) in [5.74, 6) is -4.16. The number of nitrogen functional groups attached to an aromatic ring is 1. The predicted molar refractivity (Wildman–Crippen MR) is 92.0 cm³/mol. The fourth-order valence-corrected chi connectivity index (χ4v) is 2.23. The first-order chi connectivity index (χ1) is 12.8. The summed E-state index contributed by atoms with van der Waals surface area (Å²) >= 11 is 0. The molecule has 0 saturated heterocycles. The molecule has 0 bridgehead atoms. The Morgan fingerprint density at radius 1 is 1.37 bits per heavy atom. The Balaban J connectivity index is 2.11. The highest BCUT2D eigenvalue weighted by Gasteiger charge is 2.31. The summed E-state index contributed by atoms with van der Waals surface area (Å²) in [6.07, 6.45) is 0. The standard InChI is InChI=1S/C18H17F3N4O2/c1-2-27-17-13(8-22)14(23)7-15(25-17)16(26)24-9-11-3-5-12(6-4-11)18(20,21)10-19/h3-7H,2,9-10H2,1H3,(H2,23,25)(H,24,26). The van der Waals surface area contributed by atoms with Gasteiger partial charge in [0.25, 0.3) is 5.91 Å². The van der Waals surface area contributed by atoms with Crippen LogP contribution in [-0.2, 0) is 12.5 Å². The maximum atomic E-state index is 13.3. The van der Waals surface area contributed by atoms with Crippen molar-refractivity contribution >= 4 is 11.6 Å². The number of carbonyl (C=O) groups is 1. The molecule has 6 nitrogen and oxygen atoms in total. The number of rotatable bonds is 7. The first-order valence-corrected chi connectivity index (χ1v) is 7.97. The van der Waals surface area contributed by atoms with E-state index in [0.29, 0.717) is 5.56 Å². The van der Waals surface area contributed by atoms with Crippen LogP contribution < -0.4 is 15.8 Å². The van der Waals surface area contributed by atoms with Crippen LogP contribution >= 0.6 is 0 Å². The van der Waals surface area contributed by atoms with E-state index in [1.165, 1.54) is 18.2 Å². The predicted octanol–water partition coefficient (Wildman–Crippen LogP) is 2.93. The first kappa shape index (κ1) is 20.0. The number of nitrogens with one attached hydrogen (secondary N) is 1. The highest BCUT2D eigenvalue weighted by molar-refractivity contribution is 5.93. The van der Waals surface area contributed by atoms with Gasteiger partial charge in [0.05, 0.1) is 12.3 Å². The summed E-state index contributed by atoms with van der Waals surface area (Å²) in [6, 6.07) is 8.05. The van der Waals surface area contributed by atoms with Gasteiger partial charge in [-0.3, -0.25) is 4.79 Å². The van der Waals surface area contributed by atoms with Crippen molar-refractivity contribution in [1.29, 1.82) is 5.26 Å². The zero-order valence-corrected chi connectivity index (χ0v) is 14.4. The van der Waals surface area contributed by atoms with Gasteiger partial charge in [0, 0.05) is 12.1 Å². The number of anilines is 1. The van der Waals surface area contributed by atoms with Gasteiger partial charge in [-0.15, -0.1) is 0 Å². The van der Waals surface area contributed by atoms with E-state index in [9.17, 15) is 18.0 Å². The third-order valence-corrected chi connectivity index (χ3v) is 3.64. The molecule has 3 N–H and O–H groups in total. The number of ether oxygens (including phenoxy) is 1. The zero-order valence-electron chi connectivity index (χ0n) is 14.4. The second-order valence-corrected chi connectivity index (χ2v) is 5.54. The number of nitrogens with zero attached hydrogens (tertiary/aromatic N) is 2. The van der Waals surface area contributed by atoms with Crippen LogP contribution in [0.25, 0.3) is 0 Å². The lowest BCUT2D eigenvalue weighted by atomic mass is 10.1. The Hall–Kier alpha value is -3.28. The Morgan fingerprint density at radius 2 is 2.04 bits per heavy atom. The number of benzene rings is 1. The molecule has 0 saturated carbocycles. The minimum absolute atomic E-state index is 0.0336. The van der Waals surface area contributed by atoms with Crippen molar-refractivity contribution < 1.29 is 22.7 Å². The molecule has 9 heteroatoms. The van der Waals surface area contributed by atoms with Crippen molar-refractivity contribution in [2.75, 3.05) is 19.0 Å². The largest absolute Gasteiger partial charge is 0.477 e. The minimum atomic E-state index is -3.54. The van der Waals surface area contributed by atoms with Gasteiger partial charge in [-0.05, 0) is 18.6 Å². The number of nitriles is 1. The molecule has 1 amide bonds. The van der Waals surface area contributed by atoms with E-state index in [1.807, 2.05) is 6.07 Å². The molecule has 0 fully saturated rings. The molecule has 0 atom stereocenters. The van der Waals surface area contributed by atoms with Gasteiger partial charge in [-0.1, -0.05) is 24.3 Å². The van der Waals surface area contributed by atoms with Crippen LogP contribution in [0.15, 0.2) is 30.3 Å². The third kappa shape index (κ3) is 4.67. The van der Waals surface area contributed by atoms with Crippen LogP contribution in [0.3, 0.4) is 0 Å². The fourth-order valence-electron chi connectivity index (χ4n) is 2.23. The summed E-state index contributed by atoms with van der Waals surface area (Å²) in [5.41, 5.74) is 5.90. The van der Waals surface area contributed by atoms with Crippen molar-refractivity contribution in [3.63, 3.8) is 0 Å². The number of aromatic nitrogens is 1. The van der Waals surface area contributed by atoms with E-state index < -0.39 is 24.1 Å². The number of hydrogen-bond acceptors (Lipinski definition) is 5. The van der Waals surface area contributed by atoms with Crippen LogP contribution in [-0.4, -0.2) is 24.2 Å². The summed E-state index contributed by atoms with van der Waals surface area (Å²) < 4.78 is 44.0. The SMILES string of the molecule is CCOc1nc(C(=O)NCc2ccc(C(F)(F)CF)cc2)cc(N)c1C#N. The Morgan fingerprint density at radius 3 is 2.59 bits per heavy atom. The van der Waals surface area contributed by atoms with Crippen molar-refractivity contribution in [2.24, 2.45) is 0 Å². The molecule has 0 aliphatic heterocycles. The molecular formula is C18H17F3N4O2. The molecule has 0 radical (unpaired) electrons. The average molecular weight is 378 g/mol. The third-order valence-electron chi connectivity index (χ3n) is 3.64. The molecule has 1 aromatic carbocycles. The molecule has 0 spiro atoms. The van der Waals surface area contributed by atoms with Crippen LogP contribution in [0.1, 0.15) is 34.1 Å². The lowest BCUT2D eigenvalue weighted by Gasteiger charge is -2.13. The highest BCUT2D eigenvalue weighted by atomic mass is 19.3. The number of alkyl halides is 3. The van der Waals surface area contributed by atoms with Crippen LogP contribution in [0.4, 0.5) is 18.9 Å². The maximum absolute atomic E-state index is 13.3. The maximum Gasteiger partial charge on any atom is 0.301 e. The van der Waals surface area contributed by atoms with Gasteiger partial charge in [-0.25, -0.2) is 9.37 Å². The Labute approximate surface area is 153 Å². The molecule has 2 aromatic rings. The molecule has 142 valence electrons. The van der Waals surface area contributed by atoms with Crippen LogP contribution in [0.2, 0.25) is 0 Å². The summed E-state index contributed by atoms with van der Waals surface area (Å²) in [5, 5.41) is 11.6. The van der Waals surface area contributed by atoms with E-state index >= 15 is 0 Å². The summed E-state index contributed by atoms with van der Waals surface area (Å²) in [6.45, 7) is 0.187. The second-order valence-electron chi connectivity index (χ2n) is 5.54. The van der Waals surface area contributed by atoms with E-state index in [2.05, 4.69) is 10.3 Å². The monoisotopic (exact) mass is 378 g/mol. The number of carbonyl (C=O) groups excluding carboxylic acids is 1. The summed E-state index contributed by atoms with van der Waals surface area (Å²) in [7, 11) is 0. The smallest absolute Gasteiger partial charge is 0.301 e. The van der Waals surface area contributed by atoms with Gasteiger partial charge in [0.2, 0.25) is 5.88 Å². The number of nitrogens with two attached hydrogens (primary N) is 1. The topological polar surface area (TPSA) is 101 Å². The van der Waals surface area contributed by atoms with Crippen molar-refractivity contribution in [2.45, 2.75) is 19.4 Å². The Bertz CT molecular complexity index is 864. The van der Waals surface area contributed by atoms with Gasteiger partial charge in [0.15, 0.2) is 6.67 Å². The fraction of sp³-hybridized carbons (Fsp3) is 0.278. The number of hydrogen-bond donors (Lipinski definition) is 2. The molecule has 1 aromatic heterocycles. The van der Waals surface area contributed by atoms with Gasteiger partial charge in [0.1, 0.15) is 17.3 Å². The molecule has 0 aliphatic rings. The minimum Gasteiger partial charge on any atom is -0.477 e. The molecule has 2 rings (SSSR count). The molecule has 27 heavy (non-hydrogen) atoms. The van der Waals surface area contributed by atoms with Crippen molar-refractivity contribution in [3.8, 4) is 11.9 Å². The molecule has 0 unspecified atom stereocenters. The second kappa shape index (κ2) is 8.40. The van der Waals surface area contributed by atoms with E-state index in [-0.39, 0.29) is 36.0 Å². The van der Waals surface area contributed by atoms with Crippen molar-refractivity contribution in [1.82, 2.24) is 10.3 Å². The van der Waals surface area contributed by atoms with Crippen LogP contribution in [0.5, 0.6) is 5.88 Å². The first-order valence-electron chi connectivity index (χ1n) is 7.97. The average Bonchev–Trinajstić information content (AvgIpc) is 2.66. The van der Waals surface area contributed by atoms with Gasteiger partial charge in [-0.2, -0.15) is 14.0 Å². The lowest BCUT2D eigenvalue weighted by Crippen LogP contribution is -2.24. The number of amides is 1. The quantitative estimate of drug-likeness (QED) is 0.771. The normalized spacial score (nSPS) is 10.9. The molecular weight excluding hydrogens is 361 g/mol. The zero-order chi connectivity index (χ0) is 20.0. The highest BCUT2D eigenvalue weighted by Crippen LogP contribution is 2.28. The molecule has 1 heterocycles. The van der Waals surface area contributed by atoms with Gasteiger partial charge >= 0.3 is 5.92 Å². The molecule has 0 aliphatic carbocycles. The summed E-state index contributed by atoms with van der Waals surface area (Å²) in [4.78, 5) is 16.2. The van der Waals surface area contributed by atoms with E-state index in [0.717, 1.165) is 12.1 Å². The Kier molecular flexibility index (Phi) is 6.23. The van der Waals surface area contributed by atoms with E-state index in [4.69, 9.17) is 15.7 Å².